The van der Waals surface area contributed by atoms with Crippen molar-refractivity contribution < 1.29 is 22.9 Å². The van der Waals surface area contributed by atoms with E-state index in [2.05, 4.69) is 4.98 Å². The van der Waals surface area contributed by atoms with Crippen molar-refractivity contribution in [3.8, 4) is 0 Å². The lowest BCUT2D eigenvalue weighted by Gasteiger charge is -2.08. The molecule has 0 fully saturated rings. The van der Waals surface area contributed by atoms with Crippen molar-refractivity contribution in [2.24, 2.45) is 5.92 Å². The van der Waals surface area contributed by atoms with Gasteiger partial charge in [0.05, 0.1) is 26.0 Å². The maximum atomic E-state index is 12.4. The molecule has 6 nitrogen and oxygen atoms in total. The molecule has 0 saturated carbocycles. The van der Waals surface area contributed by atoms with Gasteiger partial charge in [-0.2, -0.15) is 13.2 Å². The Labute approximate surface area is 194 Å². The second kappa shape index (κ2) is 13.9. The van der Waals surface area contributed by atoms with E-state index in [-0.39, 0.29) is 22.5 Å². The molecule has 0 bridgehead atoms. The fraction of sp³-hybridized carbons (Fsp3) is 0.429. The number of carbonyl (C=O) groups excluding carboxylic acids is 1. The van der Waals surface area contributed by atoms with Crippen LogP contribution >= 0.6 is 23.2 Å². The van der Waals surface area contributed by atoms with Crippen LogP contribution in [0.4, 0.5) is 13.2 Å². The summed E-state index contributed by atoms with van der Waals surface area (Å²) in [5, 5.41) is 10.8. The second-order valence-corrected chi connectivity index (χ2v) is 6.96. The van der Waals surface area contributed by atoms with Gasteiger partial charge in [-0.3, -0.25) is 10.1 Å². The van der Waals surface area contributed by atoms with Gasteiger partial charge in [-0.05, 0) is 32.1 Å². The summed E-state index contributed by atoms with van der Waals surface area (Å²) in [6.07, 6.45) is -0.422. The minimum Gasteiger partial charge on any atom is -0.328 e. The van der Waals surface area contributed by atoms with Gasteiger partial charge < -0.3 is 9.36 Å². The standard InChI is InChI=1S/C11H9Cl2F3N2.C8H11NO3.C2H6/c1-2-18-9-4-7(13)6(12)3-8(9)17-10(18)5-11(14,15)16;1-3-8(9(11)12)5-4-7(2)6-10;1-2/h3-4H,2,5H2,1H3;3-7H,1-2H3;1-2H3/b;5-4-,8-3+;. The molecule has 0 radical (unpaired) electrons. The first kappa shape index (κ1) is 29.6. The molecule has 0 aliphatic carbocycles. The van der Waals surface area contributed by atoms with E-state index in [0.29, 0.717) is 22.6 Å². The molecular formula is C21H26Cl2F3N3O3. The van der Waals surface area contributed by atoms with Crippen LogP contribution in [-0.2, 0) is 17.8 Å². The number of nitro groups is 1. The second-order valence-electron chi connectivity index (χ2n) is 6.14. The number of hydrogen-bond donors (Lipinski definition) is 0. The first-order valence-electron chi connectivity index (χ1n) is 9.78. The Morgan fingerprint density at radius 1 is 1.28 bits per heavy atom. The number of aryl methyl sites for hydroxylation is 1. The zero-order valence-corrected chi connectivity index (χ0v) is 19.9. The maximum Gasteiger partial charge on any atom is 0.396 e. The van der Waals surface area contributed by atoms with E-state index in [1.165, 1.54) is 34.9 Å². The largest absolute Gasteiger partial charge is 0.396 e. The van der Waals surface area contributed by atoms with Crippen molar-refractivity contribution >= 4 is 40.5 Å². The molecule has 1 atom stereocenters. The van der Waals surface area contributed by atoms with Crippen LogP contribution in [0, 0.1) is 16.0 Å². The molecule has 2 aromatic rings. The predicted molar refractivity (Wildman–Crippen MR) is 122 cm³/mol. The van der Waals surface area contributed by atoms with Gasteiger partial charge in [-0.15, -0.1) is 0 Å². The quantitative estimate of drug-likeness (QED) is 0.186. The van der Waals surface area contributed by atoms with Gasteiger partial charge in [0, 0.05) is 18.5 Å². The van der Waals surface area contributed by atoms with Crippen molar-refractivity contribution in [2.45, 2.75) is 53.8 Å². The van der Waals surface area contributed by atoms with Crippen LogP contribution in [0.1, 0.15) is 40.4 Å². The lowest BCUT2D eigenvalue weighted by molar-refractivity contribution is -0.419. The van der Waals surface area contributed by atoms with Crippen LogP contribution in [0.15, 0.2) is 36.1 Å². The van der Waals surface area contributed by atoms with Gasteiger partial charge in [-0.1, -0.05) is 50.0 Å². The zero-order chi connectivity index (χ0) is 25.1. The zero-order valence-electron chi connectivity index (χ0n) is 18.4. The summed E-state index contributed by atoms with van der Waals surface area (Å²) in [5.41, 5.74) is 0.986. The van der Waals surface area contributed by atoms with Crippen LogP contribution in [0.5, 0.6) is 0 Å². The van der Waals surface area contributed by atoms with Crippen LogP contribution in [0.3, 0.4) is 0 Å². The third-order valence-corrected chi connectivity index (χ3v) is 4.56. The third-order valence-electron chi connectivity index (χ3n) is 3.84. The Hall–Kier alpha value is -2.39. The Bertz CT molecular complexity index is 971. The molecule has 178 valence electrons. The first-order valence-corrected chi connectivity index (χ1v) is 10.5. The average Bonchev–Trinajstić information content (AvgIpc) is 3.04. The molecule has 1 aromatic carbocycles. The normalized spacial score (nSPS) is 12.6. The van der Waals surface area contributed by atoms with Crippen LogP contribution in [0.25, 0.3) is 11.0 Å². The number of fused-ring (bicyclic) bond motifs is 1. The molecular weight excluding hydrogens is 470 g/mol. The topological polar surface area (TPSA) is 78.0 Å². The Kier molecular flexibility index (Phi) is 12.9. The molecule has 0 saturated heterocycles. The fourth-order valence-corrected chi connectivity index (χ4v) is 2.71. The Morgan fingerprint density at radius 2 is 1.84 bits per heavy atom. The summed E-state index contributed by atoms with van der Waals surface area (Å²) in [5.74, 6) is -0.307. The van der Waals surface area contributed by atoms with Gasteiger partial charge in [0.1, 0.15) is 18.5 Å². The molecule has 32 heavy (non-hydrogen) atoms. The average molecular weight is 496 g/mol. The highest BCUT2D eigenvalue weighted by Crippen LogP contribution is 2.30. The molecule has 0 aliphatic rings. The lowest BCUT2D eigenvalue weighted by Crippen LogP contribution is -2.16. The summed E-state index contributed by atoms with van der Waals surface area (Å²) in [6, 6.07) is 3.01. The highest BCUT2D eigenvalue weighted by atomic mass is 35.5. The first-order chi connectivity index (χ1) is 14.9. The van der Waals surface area contributed by atoms with E-state index in [4.69, 9.17) is 23.2 Å². The number of halogens is 5. The van der Waals surface area contributed by atoms with Crippen LogP contribution in [0.2, 0.25) is 10.0 Å². The van der Waals surface area contributed by atoms with Gasteiger partial charge in [0.2, 0.25) is 0 Å². The SMILES string of the molecule is C/C=C(\C=C/C(C)C=O)[N+](=O)[O-].CC.CCn1c(CC(F)(F)F)nc2cc(Cl)c(Cl)cc21. The number of nitrogens with zero attached hydrogens (tertiary/aromatic N) is 3. The van der Waals surface area contributed by atoms with Crippen molar-refractivity contribution in [3.63, 3.8) is 0 Å². The number of hydrogen-bond acceptors (Lipinski definition) is 4. The van der Waals surface area contributed by atoms with Crippen molar-refractivity contribution in [3.05, 3.63) is 62.0 Å². The molecule has 0 spiro atoms. The number of aldehydes is 1. The maximum absolute atomic E-state index is 12.4. The molecule has 0 N–H and O–H groups in total. The smallest absolute Gasteiger partial charge is 0.328 e. The molecule has 2 rings (SSSR count). The Morgan fingerprint density at radius 3 is 2.28 bits per heavy atom. The summed E-state index contributed by atoms with van der Waals surface area (Å²) in [4.78, 5) is 23.8. The van der Waals surface area contributed by atoms with E-state index in [1.54, 1.807) is 20.8 Å². The van der Waals surface area contributed by atoms with E-state index in [0.717, 1.165) is 6.29 Å². The predicted octanol–water partition coefficient (Wildman–Crippen LogP) is 7.05. The molecule has 1 unspecified atom stereocenters. The van der Waals surface area contributed by atoms with E-state index in [9.17, 15) is 28.1 Å². The van der Waals surface area contributed by atoms with Gasteiger partial charge >= 0.3 is 6.18 Å². The number of imidazole rings is 1. The molecule has 0 aliphatic heterocycles. The summed E-state index contributed by atoms with van der Waals surface area (Å²) >= 11 is 11.7. The number of allylic oxidation sites excluding steroid dienone is 3. The third kappa shape index (κ3) is 9.40. The van der Waals surface area contributed by atoms with E-state index >= 15 is 0 Å². The number of aromatic nitrogens is 2. The number of alkyl halides is 3. The number of carbonyl (C=O) groups is 1. The molecule has 1 heterocycles. The minimum atomic E-state index is -4.29. The van der Waals surface area contributed by atoms with Gasteiger partial charge in [-0.25, -0.2) is 4.98 Å². The fourth-order valence-electron chi connectivity index (χ4n) is 2.40. The minimum absolute atomic E-state index is 0.00343. The van der Waals surface area contributed by atoms with Crippen molar-refractivity contribution in [1.29, 1.82) is 0 Å². The van der Waals surface area contributed by atoms with Crippen molar-refractivity contribution in [1.82, 2.24) is 9.55 Å². The van der Waals surface area contributed by atoms with Crippen molar-refractivity contribution in [2.75, 3.05) is 0 Å². The lowest BCUT2D eigenvalue weighted by atomic mass is 10.2. The summed E-state index contributed by atoms with van der Waals surface area (Å²) < 4.78 is 38.8. The summed E-state index contributed by atoms with van der Waals surface area (Å²) in [6.45, 7) is 9.38. The van der Waals surface area contributed by atoms with Gasteiger partial charge in [0.15, 0.2) is 0 Å². The monoisotopic (exact) mass is 495 g/mol. The number of rotatable bonds is 6. The Balaban J connectivity index is 0.000000602. The summed E-state index contributed by atoms with van der Waals surface area (Å²) in [7, 11) is 0. The molecule has 0 amide bonds. The highest BCUT2D eigenvalue weighted by Gasteiger charge is 2.30. The molecule has 11 heteroatoms. The van der Waals surface area contributed by atoms with Gasteiger partial charge in [0.25, 0.3) is 5.70 Å². The van der Waals surface area contributed by atoms with Crippen LogP contribution in [-0.4, -0.2) is 26.9 Å². The molecule has 1 aromatic heterocycles. The van der Waals surface area contributed by atoms with E-state index in [1.807, 2.05) is 13.8 Å². The van der Waals surface area contributed by atoms with Crippen LogP contribution < -0.4 is 0 Å². The number of benzene rings is 1. The highest BCUT2D eigenvalue weighted by molar-refractivity contribution is 6.42. The van der Waals surface area contributed by atoms with E-state index < -0.39 is 17.5 Å².